The zero-order chi connectivity index (χ0) is 17.1. The Kier molecular flexibility index (Phi) is 4.17. The van der Waals surface area contributed by atoms with Crippen molar-refractivity contribution in [2.75, 3.05) is 5.43 Å². The maximum Gasteiger partial charge on any atom is 0.242 e. The Morgan fingerprint density at radius 1 is 1.25 bits per heavy atom. The first-order valence-electron chi connectivity index (χ1n) is 7.55. The number of nitrogens with one attached hydrogen (secondary N) is 2. The monoisotopic (exact) mass is 319 g/mol. The lowest BCUT2D eigenvalue weighted by Gasteiger charge is -2.10. The van der Waals surface area contributed by atoms with Crippen LogP contribution in [0.1, 0.15) is 16.8 Å². The quantitative estimate of drug-likeness (QED) is 0.724. The van der Waals surface area contributed by atoms with E-state index in [2.05, 4.69) is 22.0 Å². The summed E-state index contributed by atoms with van der Waals surface area (Å²) in [5.41, 5.74) is 7.43. The van der Waals surface area contributed by atoms with Crippen LogP contribution >= 0.6 is 0 Å². The summed E-state index contributed by atoms with van der Waals surface area (Å²) in [4.78, 5) is 12.3. The summed E-state index contributed by atoms with van der Waals surface area (Å²) in [7, 11) is 1.72. The minimum Gasteiger partial charge on any atom is -0.281 e. The lowest BCUT2D eigenvalue weighted by Crippen LogP contribution is -2.32. The number of carbonyl (C=O) groups excluding carboxylic acids is 1. The molecule has 1 amide bonds. The number of nitriles is 1. The smallest absolute Gasteiger partial charge is 0.242 e. The topological polar surface area (TPSA) is 82.7 Å². The van der Waals surface area contributed by atoms with Crippen LogP contribution in [0.5, 0.6) is 0 Å². The summed E-state index contributed by atoms with van der Waals surface area (Å²) >= 11 is 0. The summed E-state index contributed by atoms with van der Waals surface area (Å²) in [6.45, 7) is 1.75. The fourth-order valence-corrected chi connectivity index (χ4v) is 2.73. The minimum atomic E-state index is -0.186. The molecule has 2 N–H and O–H groups in total. The van der Waals surface area contributed by atoms with Crippen LogP contribution < -0.4 is 10.9 Å². The molecule has 0 saturated heterocycles. The Balaban J connectivity index is 1.74. The van der Waals surface area contributed by atoms with E-state index in [4.69, 9.17) is 0 Å². The number of rotatable bonds is 4. The summed E-state index contributed by atoms with van der Waals surface area (Å²) < 4.78 is 1.53. The summed E-state index contributed by atoms with van der Waals surface area (Å²) in [5, 5.41) is 15.5. The molecular weight excluding hydrogens is 302 g/mol. The van der Waals surface area contributed by atoms with E-state index in [1.54, 1.807) is 14.0 Å². The van der Waals surface area contributed by atoms with Crippen molar-refractivity contribution in [2.24, 2.45) is 7.05 Å². The number of anilines is 1. The number of hydrogen-bond acceptors (Lipinski definition) is 4. The van der Waals surface area contributed by atoms with Crippen molar-refractivity contribution in [2.45, 2.75) is 13.3 Å². The summed E-state index contributed by atoms with van der Waals surface area (Å²) in [5.74, 6) is 0.287. The molecule has 3 rings (SSSR count). The number of hydrogen-bond donors (Lipinski definition) is 2. The van der Waals surface area contributed by atoms with E-state index in [9.17, 15) is 10.1 Å². The van der Waals surface area contributed by atoms with Gasteiger partial charge in [-0.2, -0.15) is 10.4 Å². The molecule has 0 bridgehead atoms. The molecule has 24 heavy (non-hydrogen) atoms. The SMILES string of the molecule is Cc1nn(C)c(NNC(=O)Cc2cccc3ccccc23)c1C#N. The van der Waals surface area contributed by atoms with E-state index in [1.807, 2.05) is 42.5 Å². The van der Waals surface area contributed by atoms with Crippen LogP contribution in [0, 0.1) is 18.3 Å². The maximum atomic E-state index is 12.3. The van der Waals surface area contributed by atoms with Crippen LogP contribution in [0.15, 0.2) is 42.5 Å². The molecule has 2 aromatic carbocycles. The van der Waals surface area contributed by atoms with Crippen LogP contribution in [0.2, 0.25) is 0 Å². The Morgan fingerprint density at radius 2 is 2.00 bits per heavy atom. The van der Waals surface area contributed by atoms with Crippen LogP contribution in [0.25, 0.3) is 10.8 Å². The largest absolute Gasteiger partial charge is 0.281 e. The van der Waals surface area contributed by atoms with Crippen LogP contribution in [-0.4, -0.2) is 15.7 Å². The molecule has 120 valence electrons. The average Bonchev–Trinajstić information content (AvgIpc) is 2.86. The first-order valence-corrected chi connectivity index (χ1v) is 7.55. The highest BCUT2D eigenvalue weighted by Crippen LogP contribution is 2.19. The molecule has 3 aromatic rings. The lowest BCUT2D eigenvalue weighted by atomic mass is 10.0. The molecule has 1 aromatic heterocycles. The Morgan fingerprint density at radius 3 is 2.79 bits per heavy atom. The Labute approximate surface area is 139 Å². The lowest BCUT2D eigenvalue weighted by molar-refractivity contribution is -0.119. The van der Waals surface area contributed by atoms with E-state index < -0.39 is 0 Å². The normalized spacial score (nSPS) is 10.4. The molecule has 0 aliphatic rings. The molecule has 6 heteroatoms. The van der Waals surface area contributed by atoms with Gasteiger partial charge in [-0.05, 0) is 23.3 Å². The van der Waals surface area contributed by atoms with Crippen LogP contribution in [0.4, 0.5) is 5.82 Å². The second-order valence-electron chi connectivity index (χ2n) is 5.53. The zero-order valence-corrected chi connectivity index (χ0v) is 13.5. The first kappa shape index (κ1) is 15.6. The second kappa shape index (κ2) is 6.42. The van der Waals surface area contributed by atoms with Gasteiger partial charge in [-0.25, -0.2) is 0 Å². The molecule has 0 saturated carbocycles. The van der Waals surface area contributed by atoms with E-state index in [1.165, 1.54) is 4.68 Å². The van der Waals surface area contributed by atoms with Crippen molar-refractivity contribution in [3.8, 4) is 6.07 Å². The molecule has 0 atom stereocenters. The maximum absolute atomic E-state index is 12.3. The molecule has 0 radical (unpaired) electrons. The van der Waals surface area contributed by atoms with Gasteiger partial charge in [0, 0.05) is 7.05 Å². The number of aryl methyl sites for hydroxylation is 2. The Bertz CT molecular complexity index is 946. The van der Waals surface area contributed by atoms with Crippen LogP contribution in [0.3, 0.4) is 0 Å². The van der Waals surface area contributed by atoms with Gasteiger partial charge in [-0.15, -0.1) is 0 Å². The number of amides is 1. The average molecular weight is 319 g/mol. The molecule has 0 fully saturated rings. The van der Waals surface area contributed by atoms with Crippen molar-refractivity contribution in [3.63, 3.8) is 0 Å². The van der Waals surface area contributed by atoms with Crippen molar-refractivity contribution in [1.29, 1.82) is 5.26 Å². The van der Waals surface area contributed by atoms with Gasteiger partial charge >= 0.3 is 0 Å². The number of aromatic nitrogens is 2. The number of benzene rings is 2. The highest BCUT2D eigenvalue weighted by Gasteiger charge is 2.13. The van der Waals surface area contributed by atoms with Gasteiger partial charge in [0.1, 0.15) is 11.6 Å². The minimum absolute atomic E-state index is 0.186. The van der Waals surface area contributed by atoms with Gasteiger partial charge < -0.3 is 0 Å². The fraction of sp³-hybridized carbons (Fsp3) is 0.167. The second-order valence-corrected chi connectivity index (χ2v) is 5.53. The van der Waals surface area contributed by atoms with Crippen molar-refractivity contribution < 1.29 is 4.79 Å². The number of fused-ring (bicyclic) bond motifs is 1. The molecular formula is C18H17N5O. The van der Waals surface area contributed by atoms with Gasteiger partial charge in [0.25, 0.3) is 0 Å². The van der Waals surface area contributed by atoms with Crippen LogP contribution in [-0.2, 0) is 18.3 Å². The predicted molar refractivity (Wildman–Crippen MR) is 92.1 cm³/mol. The van der Waals surface area contributed by atoms with Gasteiger partial charge in [0.2, 0.25) is 5.91 Å². The Hall–Kier alpha value is -3.33. The molecule has 1 heterocycles. The number of nitrogens with zero attached hydrogens (tertiary/aromatic N) is 3. The number of carbonyl (C=O) groups is 1. The first-order chi connectivity index (χ1) is 11.6. The van der Waals surface area contributed by atoms with Gasteiger partial charge in [0.15, 0.2) is 5.82 Å². The third kappa shape index (κ3) is 2.92. The zero-order valence-electron chi connectivity index (χ0n) is 13.5. The summed E-state index contributed by atoms with van der Waals surface area (Å²) in [6.07, 6.45) is 0.243. The third-order valence-electron chi connectivity index (χ3n) is 3.89. The van der Waals surface area contributed by atoms with Crippen molar-refractivity contribution >= 4 is 22.5 Å². The van der Waals surface area contributed by atoms with Gasteiger partial charge in [-0.3, -0.25) is 20.3 Å². The van der Waals surface area contributed by atoms with Gasteiger partial charge in [-0.1, -0.05) is 42.5 Å². The predicted octanol–water partition coefficient (Wildman–Crippen LogP) is 2.44. The molecule has 0 unspecified atom stereocenters. The fourth-order valence-electron chi connectivity index (χ4n) is 2.73. The summed E-state index contributed by atoms with van der Waals surface area (Å²) in [6, 6.07) is 15.9. The van der Waals surface area contributed by atoms with Gasteiger partial charge in [0.05, 0.1) is 12.1 Å². The van der Waals surface area contributed by atoms with Crippen molar-refractivity contribution in [1.82, 2.24) is 15.2 Å². The van der Waals surface area contributed by atoms with E-state index in [0.717, 1.165) is 16.3 Å². The standard InChI is InChI=1S/C18H17N5O/c1-12-16(11-19)18(23(2)22-12)21-20-17(24)10-14-8-5-7-13-6-3-4-9-15(13)14/h3-9,21H,10H2,1-2H3,(H,20,24). The van der Waals surface area contributed by atoms with E-state index in [-0.39, 0.29) is 12.3 Å². The van der Waals surface area contributed by atoms with Crippen molar-refractivity contribution in [3.05, 3.63) is 59.3 Å². The molecule has 0 aliphatic heterocycles. The highest BCUT2D eigenvalue weighted by atomic mass is 16.2. The highest BCUT2D eigenvalue weighted by molar-refractivity contribution is 5.90. The van der Waals surface area contributed by atoms with E-state index >= 15 is 0 Å². The third-order valence-corrected chi connectivity index (χ3v) is 3.89. The molecule has 0 aliphatic carbocycles. The number of hydrazine groups is 1. The molecule has 0 spiro atoms. The van der Waals surface area contributed by atoms with E-state index in [0.29, 0.717) is 17.1 Å². The molecule has 6 nitrogen and oxygen atoms in total.